The van der Waals surface area contributed by atoms with Crippen molar-refractivity contribution in [1.82, 2.24) is 0 Å². The molecule has 21 heavy (non-hydrogen) atoms. The molecule has 2 aromatic rings. The molecular weight excluding hydrogens is 280 g/mol. The zero-order chi connectivity index (χ0) is 15.1. The number of rotatable bonds is 5. The molecule has 0 spiro atoms. The van der Waals surface area contributed by atoms with Crippen molar-refractivity contribution in [2.24, 2.45) is 4.99 Å². The Labute approximate surface area is 130 Å². The second kappa shape index (κ2) is 7.93. The van der Waals surface area contributed by atoms with Crippen LogP contribution in [0.5, 0.6) is 0 Å². The lowest BCUT2D eigenvalue weighted by Crippen LogP contribution is -2.11. The number of para-hydroxylation sites is 1. The zero-order valence-corrected chi connectivity index (χ0v) is 13.7. The lowest BCUT2D eigenvalue weighted by Gasteiger charge is -2.15. The molecule has 1 heterocycles. The first kappa shape index (κ1) is 15.7. The van der Waals surface area contributed by atoms with Gasteiger partial charge in [-0.05, 0) is 42.4 Å². The van der Waals surface area contributed by atoms with Gasteiger partial charge in [-0.3, -0.25) is 4.99 Å². The lowest BCUT2D eigenvalue weighted by molar-refractivity contribution is 0.513. The normalized spacial score (nSPS) is 11.7. The van der Waals surface area contributed by atoms with Crippen LogP contribution in [0.4, 0.5) is 5.69 Å². The molecule has 2 rings (SSSR count). The predicted octanol–water partition coefficient (Wildman–Crippen LogP) is 4.74. The minimum Gasteiger partial charge on any atom is -0.467 e. The molecule has 0 aliphatic carbocycles. The predicted molar refractivity (Wildman–Crippen MR) is 92.2 cm³/mol. The number of furan rings is 1. The highest BCUT2D eigenvalue weighted by molar-refractivity contribution is 8.13. The maximum absolute atomic E-state index is 5.32. The molecule has 0 amide bonds. The van der Waals surface area contributed by atoms with E-state index in [1.54, 1.807) is 18.0 Å². The summed E-state index contributed by atoms with van der Waals surface area (Å²) >= 11 is 1.62. The van der Waals surface area contributed by atoms with Crippen molar-refractivity contribution in [2.45, 2.75) is 33.2 Å². The van der Waals surface area contributed by atoms with Crippen LogP contribution in [0.3, 0.4) is 0 Å². The average molecular weight is 302 g/mol. The molecule has 0 bridgehead atoms. The summed E-state index contributed by atoms with van der Waals surface area (Å²) in [7, 11) is 0. The van der Waals surface area contributed by atoms with Crippen LogP contribution in [0.15, 0.2) is 46.0 Å². The highest BCUT2D eigenvalue weighted by Gasteiger charge is 2.08. The Morgan fingerprint density at radius 1 is 1.14 bits per heavy atom. The van der Waals surface area contributed by atoms with Gasteiger partial charge in [-0.2, -0.15) is 0 Å². The molecule has 0 radical (unpaired) electrons. The standard InChI is InChI=1S/C17H22N2OS/c1-4-13-8-6-9-14(5-2)16(13)19-17(21-3)18-12-15-10-7-11-20-15/h6-11H,4-5,12H2,1-3H3,(H,18,19). The van der Waals surface area contributed by atoms with Crippen molar-refractivity contribution in [3.63, 3.8) is 0 Å². The van der Waals surface area contributed by atoms with Crippen molar-refractivity contribution in [3.05, 3.63) is 53.5 Å². The van der Waals surface area contributed by atoms with Crippen molar-refractivity contribution >= 4 is 22.6 Å². The molecule has 0 aliphatic heterocycles. The molecule has 3 nitrogen and oxygen atoms in total. The summed E-state index contributed by atoms with van der Waals surface area (Å²) < 4.78 is 5.32. The van der Waals surface area contributed by atoms with Crippen LogP contribution >= 0.6 is 11.8 Å². The average Bonchev–Trinajstić information content (AvgIpc) is 3.04. The number of nitrogens with one attached hydrogen (secondary N) is 1. The van der Waals surface area contributed by atoms with Crippen LogP contribution in [0.2, 0.25) is 0 Å². The molecule has 0 fully saturated rings. The Kier molecular flexibility index (Phi) is 5.93. The Morgan fingerprint density at radius 3 is 2.38 bits per heavy atom. The third kappa shape index (κ3) is 4.14. The fourth-order valence-corrected chi connectivity index (χ4v) is 2.62. The molecular formula is C17H22N2OS. The maximum Gasteiger partial charge on any atom is 0.161 e. The molecule has 0 unspecified atom stereocenters. The third-order valence-corrected chi connectivity index (χ3v) is 4.00. The molecule has 1 N–H and O–H groups in total. The van der Waals surface area contributed by atoms with Crippen molar-refractivity contribution < 1.29 is 4.42 Å². The van der Waals surface area contributed by atoms with Crippen LogP contribution in [0.25, 0.3) is 0 Å². The van der Waals surface area contributed by atoms with E-state index in [4.69, 9.17) is 4.42 Å². The molecule has 4 heteroatoms. The second-order valence-electron chi connectivity index (χ2n) is 4.69. The first-order valence-corrected chi connectivity index (χ1v) is 8.49. The van der Waals surface area contributed by atoms with E-state index in [-0.39, 0.29) is 0 Å². The van der Waals surface area contributed by atoms with E-state index < -0.39 is 0 Å². The summed E-state index contributed by atoms with van der Waals surface area (Å²) in [6.45, 7) is 4.92. The first-order valence-electron chi connectivity index (χ1n) is 7.27. The summed E-state index contributed by atoms with van der Waals surface area (Å²) in [5.41, 5.74) is 3.86. The van der Waals surface area contributed by atoms with Crippen LogP contribution < -0.4 is 5.32 Å². The zero-order valence-electron chi connectivity index (χ0n) is 12.8. The van der Waals surface area contributed by atoms with E-state index in [2.05, 4.69) is 42.4 Å². The molecule has 0 atom stereocenters. The third-order valence-electron chi connectivity index (χ3n) is 3.38. The van der Waals surface area contributed by atoms with Crippen LogP contribution in [0, 0.1) is 0 Å². The van der Waals surface area contributed by atoms with Gasteiger partial charge in [-0.15, -0.1) is 0 Å². The summed E-state index contributed by atoms with van der Waals surface area (Å²) in [4.78, 5) is 4.61. The number of aryl methyl sites for hydroxylation is 2. The van der Waals surface area contributed by atoms with Gasteiger partial charge >= 0.3 is 0 Å². The summed E-state index contributed by atoms with van der Waals surface area (Å²) in [5.74, 6) is 0.878. The quantitative estimate of drug-likeness (QED) is 0.640. The molecule has 0 saturated heterocycles. The minimum atomic E-state index is 0.561. The smallest absolute Gasteiger partial charge is 0.161 e. The topological polar surface area (TPSA) is 37.5 Å². The number of benzene rings is 1. The van der Waals surface area contributed by atoms with Gasteiger partial charge in [-0.1, -0.05) is 43.8 Å². The minimum absolute atomic E-state index is 0.561. The van der Waals surface area contributed by atoms with Gasteiger partial charge in [-0.25, -0.2) is 0 Å². The number of aliphatic imine (C=N–C) groups is 1. The van der Waals surface area contributed by atoms with Gasteiger partial charge in [0.25, 0.3) is 0 Å². The van der Waals surface area contributed by atoms with E-state index in [9.17, 15) is 0 Å². The fourth-order valence-electron chi connectivity index (χ4n) is 2.22. The molecule has 1 aromatic carbocycles. The highest BCUT2D eigenvalue weighted by Crippen LogP contribution is 2.24. The monoisotopic (exact) mass is 302 g/mol. The van der Waals surface area contributed by atoms with Gasteiger partial charge in [0.15, 0.2) is 5.17 Å². The number of amidine groups is 1. The molecule has 112 valence electrons. The Bertz CT molecular complexity index is 569. The molecule has 0 aliphatic rings. The van der Waals surface area contributed by atoms with E-state index in [1.807, 2.05) is 18.4 Å². The maximum atomic E-state index is 5.32. The SMILES string of the molecule is CCc1cccc(CC)c1NC(=NCc1ccco1)SC. The van der Waals surface area contributed by atoms with Crippen molar-refractivity contribution in [1.29, 1.82) is 0 Å². The van der Waals surface area contributed by atoms with Gasteiger partial charge in [0.05, 0.1) is 12.8 Å². The van der Waals surface area contributed by atoms with Gasteiger partial charge in [0.2, 0.25) is 0 Å². The molecule has 1 aromatic heterocycles. The van der Waals surface area contributed by atoms with Gasteiger partial charge in [0, 0.05) is 5.69 Å². The van der Waals surface area contributed by atoms with Gasteiger partial charge < -0.3 is 9.73 Å². The first-order chi connectivity index (χ1) is 10.3. The van der Waals surface area contributed by atoms with E-state index in [0.29, 0.717) is 6.54 Å². The number of hydrogen-bond donors (Lipinski definition) is 1. The number of thioether (sulfide) groups is 1. The molecule has 0 saturated carbocycles. The Balaban J connectivity index is 2.19. The van der Waals surface area contributed by atoms with E-state index >= 15 is 0 Å². The summed E-state index contributed by atoms with van der Waals surface area (Å²) in [6, 6.07) is 10.3. The lowest BCUT2D eigenvalue weighted by atomic mass is 10.0. The van der Waals surface area contributed by atoms with Crippen LogP contribution in [-0.4, -0.2) is 11.4 Å². The summed E-state index contributed by atoms with van der Waals surface area (Å²) in [6.07, 6.45) is 5.73. The van der Waals surface area contributed by atoms with E-state index in [0.717, 1.165) is 23.8 Å². The van der Waals surface area contributed by atoms with Crippen molar-refractivity contribution in [3.8, 4) is 0 Å². The number of hydrogen-bond acceptors (Lipinski definition) is 3. The van der Waals surface area contributed by atoms with Crippen LogP contribution in [-0.2, 0) is 19.4 Å². The van der Waals surface area contributed by atoms with Crippen molar-refractivity contribution in [2.75, 3.05) is 11.6 Å². The number of anilines is 1. The fraction of sp³-hybridized carbons (Fsp3) is 0.353. The largest absolute Gasteiger partial charge is 0.467 e. The van der Waals surface area contributed by atoms with Crippen LogP contribution in [0.1, 0.15) is 30.7 Å². The highest BCUT2D eigenvalue weighted by atomic mass is 32.2. The number of nitrogens with zero attached hydrogens (tertiary/aromatic N) is 1. The Hall–Kier alpha value is -1.68. The van der Waals surface area contributed by atoms with E-state index in [1.165, 1.54) is 16.8 Å². The second-order valence-corrected chi connectivity index (χ2v) is 5.48. The Morgan fingerprint density at radius 2 is 1.86 bits per heavy atom. The summed E-state index contributed by atoms with van der Waals surface area (Å²) in [5, 5.41) is 4.42. The van der Waals surface area contributed by atoms with Gasteiger partial charge in [0.1, 0.15) is 5.76 Å².